The first kappa shape index (κ1) is 15.3. The zero-order valence-corrected chi connectivity index (χ0v) is 12.4. The van der Waals surface area contributed by atoms with Crippen LogP contribution in [0.5, 0.6) is 5.75 Å². The predicted octanol–water partition coefficient (Wildman–Crippen LogP) is 1.75. The highest BCUT2D eigenvalue weighted by Gasteiger charge is 2.28. The standard InChI is InChI=1S/C16H26N2O2/c1-11-8-12(6-7-16(11)20-2)15(9-17)18-14-5-3-4-13(14)10-19/h6-8,13-15,18-19H,3-5,9-10,17H2,1-2H3. The third kappa shape index (κ3) is 3.32. The molecule has 0 aliphatic heterocycles. The van der Waals surface area contributed by atoms with Crippen LogP contribution in [0, 0.1) is 12.8 Å². The molecular formula is C16H26N2O2. The highest BCUT2D eigenvalue weighted by atomic mass is 16.5. The van der Waals surface area contributed by atoms with Gasteiger partial charge in [0.25, 0.3) is 0 Å². The average Bonchev–Trinajstić information content (AvgIpc) is 2.91. The third-order valence-electron chi connectivity index (χ3n) is 4.37. The molecule has 0 radical (unpaired) electrons. The Labute approximate surface area is 121 Å². The van der Waals surface area contributed by atoms with Gasteiger partial charge in [-0.15, -0.1) is 0 Å². The molecule has 3 unspecified atom stereocenters. The van der Waals surface area contributed by atoms with Crippen molar-refractivity contribution in [2.24, 2.45) is 11.7 Å². The van der Waals surface area contributed by atoms with Crippen LogP contribution in [-0.2, 0) is 0 Å². The summed E-state index contributed by atoms with van der Waals surface area (Å²) < 4.78 is 5.30. The Balaban J connectivity index is 2.09. The van der Waals surface area contributed by atoms with Crippen LogP contribution in [0.1, 0.15) is 36.4 Å². The topological polar surface area (TPSA) is 67.5 Å². The Morgan fingerprint density at radius 1 is 1.45 bits per heavy atom. The van der Waals surface area contributed by atoms with E-state index in [0.29, 0.717) is 18.5 Å². The molecule has 1 aliphatic rings. The monoisotopic (exact) mass is 278 g/mol. The van der Waals surface area contributed by atoms with Gasteiger partial charge in [0, 0.05) is 25.2 Å². The van der Waals surface area contributed by atoms with Crippen LogP contribution in [0.15, 0.2) is 18.2 Å². The molecule has 4 heteroatoms. The summed E-state index contributed by atoms with van der Waals surface area (Å²) in [5.74, 6) is 1.27. The summed E-state index contributed by atoms with van der Waals surface area (Å²) in [5, 5.41) is 13.0. The average molecular weight is 278 g/mol. The Morgan fingerprint density at radius 3 is 2.85 bits per heavy atom. The van der Waals surface area contributed by atoms with E-state index >= 15 is 0 Å². The van der Waals surface area contributed by atoms with E-state index in [1.165, 1.54) is 12.0 Å². The first-order valence-electron chi connectivity index (χ1n) is 7.41. The van der Waals surface area contributed by atoms with Crippen LogP contribution in [0.3, 0.4) is 0 Å². The minimum atomic E-state index is 0.136. The summed E-state index contributed by atoms with van der Waals surface area (Å²) in [4.78, 5) is 0. The fourth-order valence-electron chi connectivity index (χ4n) is 3.15. The first-order valence-corrected chi connectivity index (χ1v) is 7.41. The van der Waals surface area contributed by atoms with Crippen molar-refractivity contribution in [1.82, 2.24) is 5.32 Å². The fourth-order valence-corrected chi connectivity index (χ4v) is 3.15. The molecule has 0 amide bonds. The number of rotatable bonds is 6. The molecule has 3 atom stereocenters. The largest absolute Gasteiger partial charge is 0.496 e. The van der Waals surface area contributed by atoms with E-state index < -0.39 is 0 Å². The molecule has 20 heavy (non-hydrogen) atoms. The maximum Gasteiger partial charge on any atom is 0.121 e. The van der Waals surface area contributed by atoms with Crippen molar-refractivity contribution in [3.63, 3.8) is 0 Å². The molecule has 1 saturated carbocycles. The van der Waals surface area contributed by atoms with E-state index in [9.17, 15) is 5.11 Å². The highest BCUT2D eigenvalue weighted by molar-refractivity contribution is 5.37. The number of nitrogens with one attached hydrogen (secondary N) is 1. The van der Waals surface area contributed by atoms with Gasteiger partial charge in [-0.1, -0.05) is 18.6 Å². The number of aliphatic hydroxyl groups excluding tert-OH is 1. The molecule has 1 aromatic rings. The van der Waals surface area contributed by atoms with Crippen LogP contribution in [0.2, 0.25) is 0 Å². The van der Waals surface area contributed by atoms with Crippen molar-refractivity contribution in [3.05, 3.63) is 29.3 Å². The van der Waals surface area contributed by atoms with E-state index in [0.717, 1.165) is 24.2 Å². The first-order chi connectivity index (χ1) is 9.69. The number of hydrogen-bond acceptors (Lipinski definition) is 4. The van der Waals surface area contributed by atoms with Crippen LogP contribution in [-0.4, -0.2) is 31.4 Å². The molecule has 1 fully saturated rings. The molecular weight excluding hydrogens is 252 g/mol. The number of methoxy groups -OCH3 is 1. The lowest BCUT2D eigenvalue weighted by Gasteiger charge is -2.26. The fraction of sp³-hybridized carbons (Fsp3) is 0.625. The Bertz CT molecular complexity index is 436. The highest BCUT2D eigenvalue weighted by Crippen LogP contribution is 2.28. The number of ether oxygens (including phenoxy) is 1. The van der Waals surface area contributed by atoms with Gasteiger partial charge in [-0.25, -0.2) is 0 Å². The van der Waals surface area contributed by atoms with Crippen molar-refractivity contribution in [3.8, 4) is 5.75 Å². The zero-order valence-electron chi connectivity index (χ0n) is 12.4. The number of aryl methyl sites for hydroxylation is 1. The quantitative estimate of drug-likeness (QED) is 0.741. The van der Waals surface area contributed by atoms with Gasteiger partial charge in [-0.3, -0.25) is 0 Å². The van der Waals surface area contributed by atoms with Gasteiger partial charge in [0.2, 0.25) is 0 Å². The van der Waals surface area contributed by atoms with Gasteiger partial charge in [0.15, 0.2) is 0 Å². The van der Waals surface area contributed by atoms with Gasteiger partial charge in [-0.2, -0.15) is 0 Å². The van der Waals surface area contributed by atoms with Gasteiger partial charge in [0.05, 0.1) is 7.11 Å². The van der Waals surface area contributed by atoms with Gasteiger partial charge >= 0.3 is 0 Å². The van der Waals surface area contributed by atoms with Gasteiger partial charge < -0.3 is 20.9 Å². The van der Waals surface area contributed by atoms with Crippen LogP contribution < -0.4 is 15.8 Å². The molecule has 0 bridgehead atoms. The Kier molecular flexibility index (Phi) is 5.40. The lowest BCUT2D eigenvalue weighted by atomic mass is 9.99. The summed E-state index contributed by atoms with van der Waals surface area (Å²) in [6.45, 7) is 2.86. The summed E-state index contributed by atoms with van der Waals surface area (Å²) in [7, 11) is 1.69. The van der Waals surface area contributed by atoms with E-state index in [1.807, 2.05) is 13.0 Å². The second kappa shape index (κ2) is 7.07. The molecule has 1 aliphatic carbocycles. The second-order valence-electron chi connectivity index (χ2n) is 5.66. The lowest BCUT2D eigenvalue weighted by Crippen LogP contribution is -2.39. The maximum absolute atomic E-state index is 9.42. The molecule has 0 spiro atoms. The molecule has 4 N–H and O–H groups in total. The zero-order chi connectivity index (χ0) is 14.5. The molecule has 0 saturated heterocycles. The number of benzene rings is 1. The smallest absolute Gasteiger partial charge is 0.121 e. The van der Waals surface area contributed by atoms with Gasteiger partial charge in [-0.05, 0) is 42.9 Å². The minimum Gasteiger partial charge on any atom is -0.496 e. The van der Waals surface area contributed by atoms with E-state index in [2.05, 4.69) is 17.4 Å². The lowest BCUT2D eigenvalue weighted by molar-refractivity contribution is 0.199. The van der Waals surface area contributed by atoms with Crippen molar-refractivity contribution in [1.29, 1.82) is 0 Å². The van der Waals surface area contributed by atoms with E-state index in [1.54, 1.807) is 7.11 Å². The number of hydrogen-bond donors (Lipinski definition) is 3. The SMILES string of the molecule is COc1ccc(C(CN)NC2CCCC2CO)cc1C. The summed E-state index contributed by atoms with van der Waals surface area (Å²) in [5.41, 5.74) is 8.24. The molecule has 4 nitrogen and oxygen atoms in total. The van der Waals surface area contributed by atoms with Crippen LogP contribution in [0.25, 0.3) is 0 Å². The molecule has 1 aromatic carbocycles. The summed E-state index contributed by atoms with van der Waals surface area (Å²) >= 11 is 0. The van der Waals surface area contributed by atoms with Crippen molar-refractivity contribution < 1.29 is 9.84 Å². The number of aliphatic hydroxyl groups is 1. The third-order valence-corrected chi connectivity index (χ3v) is 4.37. The summed E-state index contributed by atoms with van der Waals surface area (Å²) in [6.07, 6.45) is 3.41. The molecule has 2 rings (SSSR count). The van der Waals surface area contributed by atoms with E-state index in [4.69, 9.17) is 10.5 Å². The van der Waals surface area contributed by atoms with Crippen LogP contribution >= 0.6 is 0 Å². The van der Waals surface area contributed by atoms with Crippen LogP contribution in [0.4, 0.5) is 0 Å². The normalized spacial score (nSPS) is 23.8. The summed E-state index contributed by atoms with van der Waals surface area (Å²) in [6, 6.07) is 6.70. The van der Waals surface area contributed by atoms with Gasteiger partial charge in [0.1, 0.15) is 5.75 Å². The van der Waals surface area contributed by atoms with E-state index in [-0.39, 0.29) is 12.6 Å². The van der Waals surface area contributed by atoms with Crippen molar-refractivity contribution in [2.45, 2.75) is 38.3 Å². The maximum atomic E-state index is 9.42. The molecule has 0 heterocycles. The molecule has 112 valence electrons. The van der Waals surface area contributed by atoms with Crippen molar-refractivity contribution >= 4 is 0 Å². The Hall–Kier alpha value is -1.10. The van der Waals surface area contributed by atoms with Crippen molar-refractivity contribution in [2.75, 3.05) is 20.3 Å². The number of nitrogens with two attached hydrogens (primary N) is 1. The Morgan fingerprint density at radius 2 is 2.25 bits per heavy atom. The second-order valence-corrected chi connectivity index (χ2v) is 5.66. The minimum absolute atomic E-state index is 0.136. The predicted molar refractivity (Wildman–Crippen MR) is 80.9 cm³/mol. The molecule has 0 aromatic heterocycles.